The molecule has 3 rings (SSSR count). The molecule has 15 nitrogen and oxygen atoms in total. The van der Waals surface area contributed by atoms with E-state index < -0.39 is 35.5 Å². The molecule has 2 heterocycles. The average molecular weight is 524 g/mol. The Labute approximate surface area is 215 Å². The van der Waals surface area contributed by atoms with Gasteiger partial charge in [-0.1, -0.05) is 0 Å². The quantitative estimate of drug-likeness (QED) is 0.231. The largest absolute Gasteiger partial charge is 0.469 e. The molecule has 198 valence electrons. The first kappa shape index (κ1) is 27.4. The van der Waals surface area contributed by atoms with Crippen LogP contribution in [0.1, 0.15) is 25.5 Å². The first-order chi connectivity index (χ1) is 18.2. The van der Waals surface area contributed by atoms with Crippen LogP contribution >= 0.6 is 0 Å². The zero-order chi connectivity index (χ0) is 27.7. The van der Waals surface area contributed by atoms with Gasteiger partial charge in [0.05, 0.1) is 32.3 Å². The van der Waals surface area contributed by atoms with E-state index in [9.17, 15) is 24.0 Å². The predicted octanol–water partition coefficient (Wildman–Crippen LogP) is 1.04. The summed E-state index contributed by atoms with van der Waals surface area (Å²) in [4.78, 5) is 78.0. The first-order valence-electron chi connectivity index (χ1n) is 11.1. The number of H-pyrrole nitrogens is 1. The number of urea groups is 1. The molecule has 0 spiro atoms. The van der Waals surface area contributed by atoms with Gasteiger partial charge in [0.2, 0.25) is 11.9 Å². The molecule has 0 saturated carbocycles. The van der Waals surface area contributed by atoms with Gasteiger partial charge >= 0.3 is 18.0 Å². The van der Waals surface area contributed by atoms with E-state index in [1.165, 1.54) is 33.6 Å². The Hall–Kier alpha value is -5.21. The number of nitrogens with one attached hydrogen (secondary N) is 4. The summed E-state index contributed by atoms with van der Waals surface area (Å²) in [5.41, 5.74) is 0.676. The highest BCUT2D eigenvalue weighted by molar-refractivity contribution is 5.93. The second-order valence-electron chi connectivity index (χ2n) is 7.66. The maximum atomic E-state index is 12.3. The van der Waals surface area contributed by atoms with E-state index in [1.54, 1.807) is 24.3 Å². The number of fused-ring (bicyclic) bond motifs is 1. The molecule has 3 aromatic rings. The second-order valence-corrected chi connectivity index (χ2v) is 7.66. The number of carbonyl (C=O) groups excluding carboxylic acids is 4. The molecule has 1 aromatic carbocycles. The fourth-order valence-corrected chi connectivity index (χ4v) is 3.07. The van der Waals surface area contributed by atoms with E-state index >= 15 is 0 Å². The zero-order valence-electron chi connectivity index (χ0n) is 20.6. The zero-order valence-corrected chi connectivity index (χ0v) is 20.6. The van der Waals surface area contributed by atoms with Crippen molar-refractivity contribution in [3.8, 4) is 0 Å². The van der Waals surface area contributed by atoms with Gasteiger partial charge in [-0.2, -0.15) is 4.98 Å². The molecule has 2 aromatic heterocycles. The number of aromatic nitrogens is 4. The van der Waals surface area contributed by atoms with Gasteiger partial charge in [-0.05, 0) is 30.7 Å². The number of anilines is 2. The summed E-state index contributed by atoms with van der Waals surface area (Å²) < 4.78 is 9.21. The van der Waals surface area contributed by atoms with Gasteiger partial charge in [0.15, 0.2) is 11.2 Å². The minimum Gasteiger partial charge on any atom is -0.469 e. The van der Waals surface area contributed by atoms with Crippen LogP contribution in [0.2, 0.25) is 0 Å². The molecule has 4 N–H and O–H groups in total. The molecule has 3 amide bonds. The van der Waals surface area contributed by atoms with Crippen molar-refractivity contribution in [2.45, 2.75) is 25.8 Å². The number of methoxy groups -OCH3 is 2. The third-order valence-corrected chi connectivity index (χ3v) is 4.86. The van der Waals surface area contributed by atoms with E-state index in [0.29, 0.717) is 17.1 Å². The van der Waals surface area contributed by atoms with E-state index in [4.69, 9.17) is 0 Å². The van der Waals surface area contributed by atoms with Crippen LogP contribution in [-0.4, -0.2) is 70.3 Å². The molecule has 0 fully saturated rings. The molecule has 0 aliphatic rings. The molecule has 0 saturated heterocycles. The van der Waals surface area contributed by atoms with Gasteiger partial charge in [-0.15, -0.1) is 0 Å². The number of amides is 3. The molecule has 0 aliphatic carbocycles. The fraction of sp³-hybridized carbons (Fsp3) is 0.261. The van der Waals surface area contributed by atoms with Crippen LogP contribution in [0.25, 0.3) is 11.2 Å². The number of hydrogen-bond donors (Lipinski definition) is 4. The smallest absolute Gasteiger partial charge is 0.328 e. The van der Waals surface area contributed by atoms with Crippen molar-refractivity contribution < 1.29 is 28.7 Å². The molecule has 38 heavy (non-hydrogen) atoms. The minimum atomic E-state index is -1.04. The monoisotopic (exact) mass is 524 g/mol. The second kappa shape index (κ2) is 12.7. The summed E-state index contributed by atoms with van der Waals surface area (Å²) in [5.74, 6) is -1.65. The maximum Gasteiger partial charge on any atom is 0.328 e. The van der Waals surface area contributed by atoms with Gasteiger partial charge < -0.3 is 20.1 Å². The number of nitrogens with zero attached hydrogens (tertiary/aromatic N) is 4. The number of aliphatic imine (C=N–C) groups is 1. The van der Waals surface area contributed by atoms with Crippen molar-refractivity contribution in [2.24, 2.45) is 4.99 Å². The van der Waals surface area contributed by atoms with Crippen molar-refractivity contribution in [1.82, 2.24) is 25.3 Å². The summed E-state index contributed by atoms with van der Waals surface area (Å²) in [6, 6.07) is 4.68. The molecule has 1 atom stereocenters. The Balaban J connectivity index is 1.63. The number of benzene rings is 1. The average Bonchev–Trinajstić information content (AvgIpc) is 2.89. The highest BCUT2D eigenvalue weighted by Gasteiger charge is 2.22. The number of esters is 2. The molecule has 0 aliphatic heterocycles. The molecule has 0 unspecified atom stereocenters. The van der Waals surface area contributed by atoms with Crippen molar-refractivity contribution in [3.63, 3.8) is 0 Å². The molecular weight excluding hydrogens is 500 g/mol. The van der Waals surface area contributed by atoms with Crippen molar-refractivity contribution in [1.29, 1.82) is 0 Å². The molecule has 15 heteroatoms. The topological polar surface area (TPSA) is 207 Å². The standard InChI is InChI=1S/C23H24N8O7/c1-12(32)26-22-30-19-18(20(34)31-22)27-15(11-25-19)10-24-13-4-6-14(7-5-13)28-23(36)29-16(21(35)38-3)8-9-17(33)37-2/h4-7,10-11,16H,8-9H2,1-3H3,(H2,28,29,36)(H2,25,26,30,31,32,34)/t16-/m0/s1. The third-order valence-electron chi connectivity index (χ3n) is 4.86. The summed E-state index contributed by atoms with van der Waals surface area (Å²) in [6.45, 7) is 1.28. The van der Waals surface area contributed by atoms with Crippen LogP contribution in [0, 0.1) is 0 Å². The van der Waals surface area contributed by atoms with Gasteiger partial charge in [0, 0.05) is 19.0 Å². The fourth-order valence-electron chi connectivity index (χ4n) is 3.07. The lowest BCUT2D eigenvalue weighted by Gasteiger charge is -2.16. The third kappa shape index (κ3) is 7.64. The van der Waals surface area contributed by atoms with E-state index in [0.717, 1.165) is 0 Å². The lowest BCUT2D eigenvalue weighted by atomic mass is 10.1. The highest BCUT2D eigenvalue weighted by Crippen LogP contribution is 2.16. The highest BCUT2D eigenvalue weighted by atomic mass is 16.5. The lowest BCUT2D eigenvalue weighted by Crippen LogP contribution is -2.43. The Morgan fingerprint density at radius 1 is 1.08 bits per heavy atom. The van der Waals surface area contributed by atoms with Crippen LogP contribution in [0.3, 0.4) is 0 Å². The summed E-state index contributed by atoms with van der Waals surface area (Å²) in [7, 11) is 2.40. The number of ether oxygens (including phenoxy) is 2. The summed E-state index contributed by atoms with van der Waals surface area (Å²) >= 11 is 0. The SMILES string of the molecule is COC(=O)CC[C@H](NC(=O)Nc1ccc(N=Cc2cnc3nc(NC(C)=O)[nH]c(=O)c3n2)cc1)C(=O)OC. The molecular formula is C23H24N8O7. The van der Waals surface area contributed by atoms with Crippen LogP contribution in [-0.2, 0) is 23.9 Å². The van der Waals surface area contributed by atoms with Gasteiger partial charge in [-0.3, -0.25) is 29.7 Å². The number of rotatable bonds is 9. The molecule has 0 radical (unpaired) electrons. The maximum absolute atomic E-state index is 12.3. The minimum absolute atomic E-state index is 0.0104. The Bertz CT molecular complexity index is 1440. The van der Waals surface area contributed by atoms with Gasteiger partial charge in [0.25, 0.3) is 5.56 Å². The molecule has 0 bridgehead atoms. The number of aromatic amines is 1. The Morgan fingerprint density at radius 3 is 2.47 bits per heavy atom. The Morgan fingerprint density at radius 2 is 1.82 bits per heavy atom. The van der Waals surface area contributed by atoms with Gasteiger partial charge in [-0.25, -0.2) is 19.6 Å². The Kier molecular flexibility index (Phi) is 9.12. The van der Waals surface area contributed by atoms with Crippen LogP contribution in [0.4, 0.5) is 22.1 Å². The summed E-state index contributed by atoms with van der Waals surface area (Å²) in [5, 5.41) is 7.41. The lowest BCUT2D eigenvalue weighted by molar-refractivity contribution is -0.144. The van der Waals surface area contributed by atoms with Crippen molar-refractivity contribution in [3.05, 3.63) is 46.5 Å². The number of carbonyl (C=O) groups is 4. The van der Waals surface area contributed by atoms with Crippen molar-refractivity contribution >= 4 is 58.6 Å². The van der Waals surface area contributed by atoms with E-state index in [1.807, 2.05) is 0 Å². The van der Waals surface area contributed by atoms with E-state index in [2.05, 4.69) is 50.4 Å². The van der Waals surface area contributed by atoms with Crippen LogP contribution < -0.4 is 21.5 Å². The summed E-state index contributed by atoms with van der Waals surface area (Å²) in [6.07, 6.45) is 2.70. The van der Waals surface area contributed by atoms with Crippen LogP contribution in [0.15, 0.2) is 40.2 Å². The first-order valence-corrected chi connectivity index (χ1v) is 11.1. The number of hydrogen-bond acceptors (Lipinski definition) is 11. The van der Waals surface area contributed by atoms with Crippen molar-refractivity contribution in [2.75, 3.05) is 24.9 Å². The van der Waals surface area contributed by atoms with Crippen LogP contribution in [0.5, 0.6) is 0 Å². The van der Waals surface area contributed by atoms with Gasteiger partial charge in [0.1, 0.15) is 11.7 Å². The predicted molar refractivity (Wildman–Crippen MR) is 135 cm³/mol. The normalized spacial score (nSPS) is 11.6. The van der Waals surface area contributed by atoms with E-state index in [-0.39, 0.29) is 30.0 Å².